The molecule has 0 amide bonds. The van der Waals surface area contributed by atoms with Gasteiger partial charge >= 0.3 is 0 Å². The number of benzene rings is 1. The number of nitrogens with one attached hydrogen (secondary N) is 1. The molecule has 1 N–H and O–H groups in total. The summed E-state index contributed by atoms with van der Waals surface area (Å²) in [5.41, 5.74) is 0.813. The predicted molar refractivity (Wildman–Crippen MR) is 81.5 cm³/mol. The van der Waals surface area contributed by atoms with Crippen LogP contribution in [0.15, 0.2) is 33.3 Å². The first-order valence-corrected chi connectivity index (χ1v) is 7.30. The second kappa shape index (κ2) is 5.99. The molecule has 0 radical (unpaired) electrons. The summed E-state index contributed by atoms with van der Waals surface area (Å²) in [5, 5.41) is 3.82. The highest BCUT2D eigenvalue weighted by molar-refractivity contribution is 9.10. The van der Waals surface area contributed by atoms with Crippen molar-refractivity contribution < 1.29 is 0 Å². The molecule has 1 aromatic carbocycles. The van der Waals surface area contributed by atoms with Crippen molar-refractivity contribution in [3.8, 4) is 0 Å². The van der Waals surface area contributed by atoms with E-state index in [0.29, 0.717) is 5.02 Å². The first-order chi connectivity index (χ1) is 8.58. The molecule has 0 spiro atoms. The van der Waals surface area contributed by atoms with E-state index in [2.05, 4.69) is 47.1 Å². The Morgan fingerprint density at radius 1 is 1.22 bits per heavy atom. The summed E-state index contributed by atoms with van der Waals surface area (Å²) >= 11 is 12.9. The van der Waals surface area contributed by atoms with Gasteiger partial charge in [0.05, 0.1) is 10.7 Å². The van der Waals surface area contributed by atoms with E-state index in [0.717, 1.165) is 32.8 Å². The highest BCUT2D eigenvalue weighted by Crippen LogP contribution is 2.28. The van der Waals surface area contributed by atoms with Crippen LogP contribution in [0.4, 0.5) is 11.5 Å². The molecule has 1 heterocycles. The van der Waals surface area contributed by atoms with Crippen molar-refractivity contribution in [1.29, 1.82) is 0 Å². The monoisotopic (exact) mass is 389 g/mol. The standard InChI is InChI=1S/C12H10Br2ClN3/c1-2-11-17-10(14)6-12(18-11)16-9-4-3-7(13)5-8(9)15/h3-6H,2H2,1H3,(H,16,17,18). The van der Waals surface area contributed by atoms with Gasteiger partial charge in [-0.2, -0.15) is 0 Å². The van der Waals surface area contributed by atoms with Crippen LogP contribution in [0, 0.1) is 0 Å². The van der Waals surface area contributed by atoms with Crippen LogP contribution in [0.25, 0.3) is 0 Å². The fourth-order valence-electron chi connectivity index (χ4n) is 1.42. The van der Waals surface area contributed by atoms with E-state index in [1.807, 2.05) is 31.2 Å². The van der Waals surface area contributed by atoms with Crippen molar-refractivity contribution in [1.82, 2.24) is 9.97 Å². The summed E-state index contributed by atoms with van der Waals surface area (Å²) in [4.78, 5) is 8.64. The summed E-state index contributed by atoms with van der Waals surface area (Å²) in [6.45, 7) is 2.01. The van der Waals surface area contributed by atoms with Gasteiger partial charge in [-0.05, 0) is 34.1 Å². The zero-order valence-corrected chi connectivity index (χ0v) is 13.5. The fourth-order valence-corrected chi connectivity index (χ4v) is 2.56. The van der Waals surface area contributed by atoms with E-state index in [4.69, 9.17) is 11.6 Å². The third-order valence-electron chi connectivity index (χ3n) is 2.25. The van der Waals surface area contributed by atoms with Crippen molar-refractivity contribution in [3.05, 3.63) is 44.2 Å². The fraction of sp³-hybridized carbons (Fsp3) is 0.167. The molecule has 18 heavy (non-hydrogen) atoms. The number of nitrogens with zero attached hydrogens (tertiary/aromatic N) is 2. The van der Waals surface area contributed by atoms with Crippen LogP contribution in [-0.2, 0) is 6.42 Å². The molecule has 0 saturated heterocycles. The van der Waals surface area contributed by atoms with Gasteiger partial charge in [-0.25, -0.2) is 9.97 Å². The Morgan fingerprint density at radius 2 is 2.00 bits per heavy atom. The summed E-state index contributed by atoms with van der Waals surface area (Å²) in [5.74, 6) is 1.50. The minimum absolute atomic E-state index is 0.636. The van der Waals surface area contributed by atoms with Gasteiger partial charge in [0.2, 0.25) is 0 Å². The molecule has 0 fully saturated rings. The number of anilines is 2. The molecule has 0 aliphatic heterocycles. The number of aromatic nitrogens is 2. The van der Waals surface area contributed by atoms with Crippen LogP contribution in [0.5, 0.6) is 0 Å². The number of halogens is 3. The van der Waals surface area contributed by atoms with Gasteiger partial charge in [0.15, 0.2) is 0 Å². The van der Waals surface area contributed by atoms with Crippen LogP contribution >= 0.6 is 43.5 Å². The minimum Gasteiger partial charge on any atom is -0.339 e. The SMILES string of the molecule is CCc1nc(Br)cc(Nc2ccc(Br)cc2Cl)n1. The lowest BCUT2D eigenvalue weighted by Gasteiger charge is -2.09. The molecule has 2 rings (SSSR count). The van der Waals surface area contributed by atoms with Crippen LogP contribution in [0.1, 0.15) is 12.7 Å². The maximum Gasteiger partial charge on any atom is 0.135 e. The number of rotatable bonds is 3. The van der Waals surface area contributed by atoms with Gasteiger partial charge in [0.1, 0.15) is 16.2 Å². The molecule has 2 aromatic rings. The van der Waals surface area contributed by atoms with Crippen molar-refractivity contribution in [2.24, 2.45) is 0 Å². The smallest absolute Gasteiger partial charge is 0.135 e. The molecule has 0 bridgehead atoms. The molecular formula is C12H10Br2ClN3. The van der Waals surface area contributed by atoms with Gasteiger partial charge in [-0.15, -0.1) is 0 Å². The Labute approximate surface area is 127 Å². The van der Waals surface area contributed by atoms with Gasteiger partial charge in [0, 0.05) is 17.0 Å². The molecule has 0 unspecified atom stereocenters. The van der Waals surface area contributed by atoms with Gasteiger partial charge in [-0.3, -0.25) is 0 Å². The Hall–Kier alpha value is -0.650. The molecular weight excluding hydrogens is 381 g/mol. The Bertz CT molecular complexity index is 575. The van der Waals surface area contributed by atoms with Crippen molar-refractivity contribution in [2.75, 3.05) is 5.32 Å². The third kappa shape index (κ3) is 3.43. The van der Waals surface area contributed by atoms with E-state index >= 15 is 0 Å². The van der Waals surface area contributed by atoms with Gasteiger partial charge < -0.3 is 5.32 Å². The van der Waals surface area contributed by atoms with Crippen LogP contribution < -0.4 is 5.32 Å². The van der Waals surface area contributed by atoms with Crippen molar-refractivity contribution >= 4 is 55.0 Å². The maximum absolute atomic E-state index is 6.15. The molecule has 0 saturated carbocycles. The molecule has 6 heteroatoms. The first kappa shape index (κ1) is 13.8. The number of aryl methyl sites for hydroxylation is 1. The summed E-state index contributed by atoms with van der Waals surface area (Å²) in [6.07, 6.45) is 0.780. The van der Waals surface area contributed by atoms with Crippen molar-refractivity contribution in [3.63, 3.8) is 0 Å². The largest absolute Gasteiger partial charge is 0.339 e. The minimum atomic E-state index is 0.636. The summed E-state index contributed by atoms with van der Waals surface area (Å²) < 4.78 is 1.70. The maximum atomic E-state index is 6.15. The second-order valence-corrected chi connectivity index (χ2v) is 5.73. The van der Waals surface area contributed by atoms with E-state index in [-0.39, 0.29) is 0 Å². The highest BCUT2D eigenvalue weighted by atomic mass is 79.9. The number of hydrogen-bond donors (Lipinski definition) is 1. The quantitative estimate of drug-likeness (QED) is 0.752. The average Bonchev–Trinajstić information content (AvgIpc) is 2.32. The average molecular weight is 391 g/mol. The predicted octanol–water partition coefficient (Wildman–Crippen LogP) is 4.96. The summed E-state index contributed by atoms with van der Waals surface area (Å²) in [7, 11) is 0. The van der Waals surface area contributed by atoms with Gasteiger partial charge in [-0.1, -0.05) is 34.5 Å². The molecule has 0 atom stereocenters. The lowest BCUT2D eigenvalue weighted by molar-refractivity contribution is 0.931. The molecule has 0 aliphatic rings. The molecule has 0 aliphatic carbocycles. The normalized spacial score (nSPS) is 10.4. The van der Waals surface area contributed by atoms with E-state index in [1.54, 1.807) is 0 Å². The van der Waals surface area contributed by atoms with E-state index in [9.17, 15) is 0 Å². The zero-order chi connectivity index (χ0) is 13.1. The summed E-state index contributed by atoms with van der Waals surface area (Å²) in [6, 6.07) is 7.47. The van der Waals surface area contributed by atoms with Crippen LogP contribution in [0.2, 0.25) is 5.02 Å². The Balaban J connectivity index is 2.30. The Kier molecular flexibility index (Phi) is 4.59. The molecule has 1 aromatic heterocycles. The van der Waals surface area contributed by atoms with Crippen LogP contribution in [0.3, 0.4) is 0 Å². The van der Waals surface area contributed by atoms with Crippen LogP contribution in [-0.4, -0.2) is 9.97 Å². The lowest BCUT2D eigenvalue weighted by atomic mass is 10.3. The number of hydrogen-bond acceptors (Lipinski definition) is 3. The Morgan fingerprint density at radius 3 is 2.67 bits per heavy atom. The zero-order valence-electron chi connectivity index (χ0n) is 9.54. The second-order valence-electron chi connectivity index (χ2n) is 3.59. The third-order valence-corrected chi connectivity index (χ3v) is 3.46. The van der Waals surface area contributed by atoms with E-state index in [1.165, 1.54) is 0 Å². The lowest BCUT2D eigenvalue weighted by Crippen LogP contribution is -2.00. The topological polar surface area (TPSA) is 37.8 Å². The molecule has 3 nitrogen and oxygen atoms in total. The highest BCUT2D eigenvalue weighted by Gasteiger charge is 2.05. The molecule has 94 valence electrons. The van der Waals surface area contributed by atoms with Gasteiger partial charge in [0.25, 0.3) is 0 Å². The van der Waals surface area contributed by atoms with Crippen molar-refractivity contribution in [2.45, 2.75) is 13.3 Å². The van der Waals surface area contributed by atoms with E-state index < -0.39 is 0 Å². The first-order valence-electron chi connectivity index (χ1n) is 5.34.